The van der Waals surface area contributed by atoms with E-state index in [0.717, 1.165) is 0 Å². The summed E-state index contributed by atoms with van der Waals surface area (Å²) in [5, 5.41) is 12.4. The molecule has 0 aliphatic heterocycles. The number of hydrogen-bond donors (Lipinski definition) is 2. The lowest BCUT2D eigenvalue weighted by Crippen LogP contribution is -2.35. The average Bonchev–Trinajstić information content (AvgIpc) is 2.12. The number of hydrogen-bond acceptors (Lipinski definition) is 3. The minimum Gasteiger partial charge on any atom is -0.508 e. The zero-order valence-electron chi connectivity index (χ0n) is 12.3. The average molecular weight is 255 g/mol. The molecule has 0 bridgehead atoms. The van der Waals surface area contributed by atoms with Gasteiger partial charge in [-0.2, -0.15) is 0 Å². The first-order chi connectivity index (χ1) is 7.97. The molecule has 104 valence electrons. The van der Waals surface area contributed by atoms with Crippen LogP contribution in [0.15, 0.2) is 24.0 Å². The maximum atomic E-state index is 11.5. The van der Waals surface area contributed by atoms with E-state index in [9.17, 15) is 9.90 Å². The van der Waals surface area contributed by atoms with Crippen LogP contribution in [0.2, 0.25) is 0 Å². The maximum Gasteiger partial charge on any atom is 0.407 e. The number of alkyl carbamates (subject to hydrolysis) is 1. The van der Waals surface area contributed by atoms with Gasteiger partial charge in [0.15, 0.2) is 0 Å². The predicted molar refractivity (Wildman–Crippen MR) is 73.5 cm³/mol. The minimum atomic E-state index is -0.532. The second-order valence-electron chi connectivity index (χ2n) is 6.17. The SMILES string of the molecule is C=C/C(O)=C(/CNC(=O)OC(C)(C)C)C(C)(C)C. The molecule has 0 spiro atoms. The second-order valence-corrected chi connectivity index (χ2v) is 6.17. The largest absolute Gasteiger partial charge is 0.508 e. The van der Waals surface area contributed by atoms with Crippen molar-refractivity contribution in [2.24, 2.45) is 5.41 Å². The van der Waals surface area contributed by atoms with Crippen LogP contribution in [-0.2, 0) is 4.74 Å². The molecule has 0 fully saturated rings. The van der Waals surface area contributed by atoms with E-state index in [-0.39, 0.29) is 17.7 Å². The lowest BCUT2D eigenvalue weighted by molar-refractivity contribution is 0.0530. The molecule has 0 saturated carbocycles. The Labute approximate surface area is 110 Å². The van der Waals surface area contributed by atoms with Crippen LogP contribution in [0, 0.1) is 5.41 Å². The van der Waals surface area contributed by atoms with Gasteiger partial charge in [0.05, 0.1) is 0 Å². The lowest BCUT2D eigenvalue weighted by atomic mass is 9.85. The molecule has 2 N–H and O–H groups in total. The number of carbonyl (C=O) groups excluding carboxylic acids is 1. The van der Waals surface area contributed by atoms with Crippen LogP contribution in [0.4, 0.5) is 4.79 Å². The highest BCUT2D eigenvalue weighted by molar-refractivity contribution is 5.68. The molecule has 0 aromatic carbocycles. The Kier molecular flexibility index (Phi) is 5.46. The minimum absolute atomic E-state index is 0.0959. The number of aliphatic hydroxyl groups is 1. The van der Waals surface area contributed by atoms with Crippen molar-refractivity contribution in [3.63, 3.8) is 0 Å². The summed E-state index contributed by atoms with van der Waals surface area (Å²) in [6, 6.07) is 0. The van der Waals surface area contributed by atoms with Crippen molar-refractivity contribution in [1.82, 2.24) is 5.32 Å². The molecule has 0 atom stereocenters. The third kappa shape index (κ3) is 6.33. The molecular weight excluding hydrogens is 230 g/mol. The number of rotatable bonds is 3. The van der Waals surface area contributed by atoms with Crippen molar-refractivity contribution in [2.45, 2.75) is 47.1 Å². The fourth-order valence-corrected chi connectivity index (χ4v) is 1.34. The molecule has 0 rings (SSSR count). The maximum absolute atomic E-state index is 11.5. The summed E-state index contributed by atoms with van der Waals surface area (Å²) >= 11 is 0. The van der Waals surface area contributed by atoms with Gasteiger partial charge in [0, 0.05) is 6.54 Å². The molecule has 18 heavy (non-hydrogen) atoms. The topological polar surface area (TPSA) is 58.6 Å². The number of carbonyl (C=O) groups is 1. The van der Waals surface area contributed by atoms with E-state index < -0.39 is 11.7 Å². The van der Waals surface area contributed by atoms with Crippen molar-refractivity contribution in [2.75, 3.05) is 6.54 Å². The van der Waals surface area contributed by atoms with Gasteiger partial charge in [0.25, 0.3) is 0 Å². The first-order valence-electron chi connectivity index (χ1n) is 5.99. The third-order valence-corrected chi connectivity index (χ3v) is 2.22. The summed E-state index contributed by atoms with van der Waals surface area (Å²) in [6.07, 6.45) is 0.873. The smallest absolute Gasteiger partial charge is 0.407 e. The van der Waals surface area contributed by atoms with Gasteiger partial charge in [-0.05, 0) is 37.8 Å². The fraction of sp³-hybridized carbons (Fsp3) is 0.643. The van der Waals surface area contributed by atoms with E-state index >= 15 is 0 Å². The first-order valence-corrected chi connectivity index (χ1v) is 5.99. The van der Waals surface area contributed by atoms with Crippen molar-refractivity contribution >= 4 is 6.09 Å². The van der Waals surface area contributed by atoms with Gasteiger partial charge in [-0.25, -0.2) is 4.79 Å². The molecule has 0 radical (unpaired) electrons. The number of aliphatic hydroxyl groups excluding tert-OH is 1. The summed E-state index contributed by atoms with van der Waals surface area (Å²) in [6.45, 7) is 15.0. The van der Waals surface area contributed by atoms with Crippen LogP contribution < -0.4 is 5.32 Å². The predicted octanol–water partition coefficient (Wildman–Crippen LogP) is 3.56. The molecular formula is C14H25NO3. The van der Waals surface area contributed by atoms with Crippen LogP contribution >= 0.6 is 0 Å². The normalized spacial score (nSPS) is 13.7. The second kappa shape index (κ2) is 5.94. The summed E-state index contributed by atoms with van der Waals surface area (Å²) in [7, 11) is 0. The molecule has 0 aromatic rings. The van der Waals surface area contributed by atoms with Gasteiger partial charge < -0.3 is 15.2 Å². The van der Waals surface area contributed by atoms with Gasteiger partial charge in [0.1, 0.15) is 11.4 Å². The van der Waals surface area contributed by atoms with Crippen LogP contribution in [0.3, 0.4) is 0 Å². The van der Waals surface area contributed by atoms with Gasteiger partial charge in [-0.1, -0.05) is 27.4 Å². The third-order valence-electron chi connectivity index (χ3n) is 2.22. The van der Waals surface area contributed by atoms with E-state index in [1.165, 1.54) is 6.08 Å². The van der Waals surface area contributed by atoms with Crippen molar-refractivity contribution in [3.8, 4) is 0 Å². The number of allylic oxidation sites excluding steroid dienone is 1. The van der Waals surface area contributed by atoms with Gasteiger partial charge in [0.2, 0.25) is 0 Å². The Bertz CT molecular complexity index is 343. The molecule has 4 heteroatoms. The monoisotopic (exact) mass is 255 g/mol. The van der Waals surface area contributed by atoms with Crippen molar-refractivity contribution < 1.29 is 14.6 Å². The molecule has 0 unspecified atom stereocenters. The zero-order valence-corrected chi connectivity index (χ0v) is 12.3. The Morgan fingerprint density at radius 1 is 1.28 bits per heavy atom. The fourth-order valence-electron chi connectivity index (χ4n) is 1.34. The van der Waals surface area contributed by atoms with E-state index in [2.05, 4.69) is 11.9 Å². The molecule has 0 aliphatic rings. The Balaban J connectivity index is 4.68. The summed E-state index contributed by atoms with van der Waals surface area (Å²) in [5.74, 6) is 0.0959. The van der Waals surface area contributed by atoms with E-state index in [1.807, 2.05) is 20.8 Å². The van der Waals surface area contributed by atoms with Gasteiger partial charge >= 0.3 is 6.09 Å². The molecule has 0 aromatic heterocycles. The first kappa shape index (κ1) is 16.6. The Hall–Kier alpha value is -1.45. The highest BCUT2D eigenvalue weighted by Gasteiger charge is 2.22. The van der Waals surface area contributed by atoms with Crippen LogP contribution in [0.5, 0.6) is 0 Å². The van der Waals surface area contributed by atoms with Crippen molar-refractivity contribution in [1.29, 1.82) is 0 Å². The highest BCUT2D eigenvalue weighted by atomic mass is 16.6. The zero-order chi connectivity index (χ0) is 14.6. The standard InChI is InChI=1S/C14H25NO3/c1-8-11(16)10(13(2,3)4)9-15-12(17)18-14(5,6)7/h8,16H,1,9H2,2-7H3,(H,15,17)/b11-10+. The van der Waals surface area contributed by atoms with Gasteiger partial charge in [-0.15, -0.1) is 0 Å². The van der Waals surface area contributed by atoms with Crippen LogP contribution in [-0.4, -0.2) is 23.3 Å². The van der Waals surface area contributed by atoms with Crippen LogP contribution in [0.1, 0.15) is 41.5 Å². The molecule has 1 amide bonds. The summed E-state index contributed by atoms with van der Waals surface area (Å²) in [4.78, 5) is 11.5. The van der Waals surface area contributed by atoms with E-state index in [4.69, 9.17) is 4.74 Å². The molecule has 4 nitrogen and oxygen atoms in total. The Morgan fingerprint density at radius 2 is 1.78 bits per heavy atom. The van der Waals surface area contributed by atoms with Gasteiger partial charge in [-0.3, -0.25) is 0 Å². The molecule has 0 heterocycles. The molecule has 0 saturated heterocycles. The number of amides is 1. The molecule has 0 aliphatic carbocycles. The lowest BCUT2D eigenvalue weighted by Gasteiger charge is -2.25. The highest BCUT2D eigenvalue weighted by Crippen LogP contribution is 2.27. The summed E-state index contributed by atoms with van der Waals surface area (Å²) < 4.78 is 5.13. The van der Waals surface area contributed by atoms with Crippen molar-refractivity contribution in [3.05, 3.63) is 24.0 Å². The number of nitrogens with one attached hydrogen (secondary N) is 1. The number of ether oxygens (including phenoxy) is 1. The quantitative estimate of drug-likeness (QED) is 0.599. The van der Waals surface area contributed by atoms with E-state index in [1.54, 1.807) is 20.8 Å². The van der Waals surface area contributed by atoms with Crippen LogP contribution in [0.25, 0.3) is 0 Å². The summed E-state index contributed by atoms with van der Waals surface area (Å²) in [5.41, 5.74) is -0.0768. The Morgan fingerprint density at radius 3 is 2.11 bits per heavy atom. The van der Waals surface area contributed by atoms with E-state index in [0.29, 0.717) is 5.57 Å².